The summed E-state index contributed by atoms with van der Waals surface area (Å²) in [5.41, 5.74) is 1.27. The summed E-state index contributed by atoms with van der Waals surface area (Å²) in [5, 5.41) is 2.43. The van der Waals surface area contributed by atoms with Gasteiger partial charge in [0, 0.05) is 0 Å². The second-order valence-electron chi connectivity index (χ2n) is 3.09. The topological polar surface area (TPSA) is 12.4 Å². The van der Waals surface area contributed by atoms with E-state index in [4.69, 9.17) is 0 Å². The maximum atomic E-state index is 4.61. The van der Waals surface area contributed by atoms with Crippen molar-refractivity contribution in [2.75, 3.05) is 0 Å². The molecular weight excluding hydrogens is 190 g/mol. The second kappa shape index (κ2) is 6.25. The SMILES string of the molecule is C=CCC(Cc1ccccc1)N=C=S. The molecule has 0 fully saturated rings. The zero-order chi connectivity index (χ0) is 10.2. The summed E-state index contributed by atoms with van der Waals surface area (Å²) in [6, 6.07) is 10.4. The highest BCUT2D eigenvalue weighted by Gasteiger charge is 2.04. The maximum Gasteiger partial charge on any atom is 0.0677 e. The van der Waals surface area contributed by atoms with Crippen LogP contribution in [0.2, 0.25) is 0 Å². The molecule has 0 aliphatic heterocycles. The van der Waals surface area contributed by atoms with E-state index < -0.39 is 0 Å². The summed E-state index contributed by atoms with van der Waals surface area (Å²) in [6.07, 6.45) is 3.61. The highest BCUT2D eigenvalue weighted by atomic mass is 32.1. The molecule has 1 rings (SSSR count). The van der Waals surface area contributed by atoms with Crippen molar-refractivity contribution < 1.29 is 0 Å². The first kappa shape index (κ1) is 10.8. The molecule has 1 aromatic rings. The Kier molecular flexibility index (Phi) is 4.84. The van der Waals surface area contributed by atoms with E-state index in [1.54, 1.807) is 0 Å². The van der Waals surface area contributed by atoms with Crippen molar-refractivity contribution in [3.8, 4) is 0 Å². The average molecular weight is 203 g/mol. The molecule has 0 saturated heterocycles. The highest BCUT2D eigenvalue weighted by Crippen LogP contribution is 2.08. The molecule has 0 bridgehead atoms. The van der Waals surface area contributed by atoms with Gasteiger partial charge in [-0.15, -0.1) is 6.58 Å². The predicted octanol–water partition coefficient (Wildman–Crippen LogP) is 3.28. The molecule has 1 nitrogen and oxygen atoms in total. The fourth-order valence-corrected chi connectivity index (χ4v) is 1.48. The van der Waals surface area contributed by atoms with Crippen LogP contribution in [0.1, 0.15) is 12.0 Å². The van der Waals surface area contributed by atoms with E-state index in [-0.39, 0.29) is 6.04 Å². The number of rotatable bonds is 5. The first-order valence-corrected chi connectivity index (χ1v) is 4.99. The van der Waals surface area contributed by atoms with Gasteiger partial charge in [-0.2, -0.15) is 0 Å². The summed E-state index contributed by atoms with van der Waals surface area (Å²) in [5.74, 6) is 0. The quantitative estimate of drug-likeness (QED) is 0.406. The molecule has 0 aliphatic carbocycles. The minimum atomic E-state index is 0.187. The van der Waals surface area contributed by atoms with Crippen molar-refractivity contribution in [1.82, 2.24) is 0 Å². The number of hydrogen-bond donors (Lipinski definition) is 0. The van der Waals surface area contributed by atoms with Gasteiger partial charge < -0.3 is 0 Å². The van der Waals surface area contributed by atoms with Gasteiger partial charge in [-0.05, 0) is 30.6 Å². The van der Waals surface area contributed by atoms with Crippen molar-refractivity contribution >= 4 is 17.4 Å². The highest BCUT2D eigenvalue weighted by molar-refractivity contribution is 7.78. The van der Waals surface area contributed by atoms with Crippen molar-refractivity contribution in [1.29, 1.82) is 0 Å². The van der Waals surface area contributed by atoms with Gasteiger partial charge in [0.1, 0.15) is 0 Å². The van der Waals surface area contributed by atoms with E-state index in [2.05, 4.69) is 41.1 Å². The second-order valence-corrected chi connectivity index (χ2v) is 3.27. The zero-order valence-electron chi connectivity index (χ0n) is 8.02. The van der Waals surface area contributed by atoms with Crippen LogP contribution in [0, 0.1) is 0 Å². The van der Waals surface area contributed by atoms with E-state index in [9.17, 15) is 0 Å². The number of hydrogen-bond acceptors (Lipinski definition) is 2. The molecule has 0 aliphatic rings. The van der Waals surface area contributed by atoms with Gasteiger partial charge in [-0.1, -0.05) is 36.4 Å². The van der Waals surface area contributed by atoms with Gasteiger partial charge >= 0.3 is 0 Å². The minimum Gasteiger partial charge on any atom is -0.228 e. The summed E-state index contributed by atoms with van der Waals surface area (Å²) in [7, 11) is 0. The van der Waals surface area contributed by atoms with Gasteiger partial charge in [0.05, 0.1) is 11.2 Å². The lowest BCUT2D eigenvalue weighted by Gasteiger charge is -2.07. The Morgan fingerprint density at radius 2 is 2.14 bits per heavy atom. The fraction of sp³-hybridized carbons (Fsp3) is 0.250. The Labute approximate surface area is 90.2 Å². The van der Waals surface area contributed by atoms with Crippen molar-refractivity contribution in [3.05, 3.63) is 48.6 Å². The number of aliphatic imine (C=N–C) groups is 1. The third kappa shape index (κ3) is 3.65. The van der Waals surface area contributed by atoms with Gasteiger partial charge in [-0.3, -0.25) is 0 Å². The van der Waals surface area contributed by atoms with Crippen LogP contribution in [-0.2, 0) is 6.42 Å². The zero-order valence-corrected chi connectivity index (χ0v) is 8.83. The fourth-order valence-electron chi connectivity index (χ4n) is 1.33. The lowest BCUT2D eigenvalue weighted by Crippen LogP contribution is -2.06. The van der Waals surface area contributed by atoms with Crippen LogP contribution in [0.5, 0.6) is 0 Å². The Bertz CT molecular complexity index is 325. The van der Waals surface area contributed by atoms with Crippen LogP contribution < -0.4 is 0 Å². The van der Waals surface area contributed by atoms with E-state index >= 15 is 0 Å². The Morgan fingerprint density at radius 3 is 2.71 bits per heavy atom. The van der Waals surface area contributed by atoms with Crippen LogP contribution in [0.25, 0.3) is 0 Å². The molecule has 2 heteroatoms. The molecule has 1 atom stereocenters. The Hall–Kier alpha value is -1.24. The molecule has 0 spiro atoms. The minimum absolute atomic E-state index is 0.187. The van der Waals surface area contributed by atoms with Crippen LogP contribution in [0.3, 0.4) is 0 Å². The summed E-state index contributed by atoms with van der Waals surface area (Å²) >= 11 is 4.61. The molecule has 1 unspecified atom stereocenters. The van der Waals surface area contributed by atoms with E-state index in [0.29, 0.717) is 0 Å². The van der Waals surface area contributed by atoms with Crippen molar-refractivity contribution in [2.45, 2.75) is 18.9 Å². The monoisotopic (exact) mass is 203 g/mol. The first-order chi connectivity index (χ1) is 6.86. The van der Waals surface area contributed by atoms with Crippen LogP contribution in [-0.4, -0.2) is 11.2 Å². The smallest absolute Gasteiger partial charge is 0.0677 e. The number of benzene rings is 1. The van der Waals surface area contributed by atoms with E-state index in [1.165, 1.54) is 5.56 Å². The van der Waals surface area contributed by atoms with Gasteiger partial charge in [-0.25, -0.2) is 4.99 Å². The summed E-state index contributed by atoms with van der Waals surface area (Å²) in [6.45, 7) is 3.70. The van der Waals surface area contributed by atoms with Crippen molar-refractivity contribution in [2.24, 2.45) is 4.99 Å². The summed E-state index contributed by atoms with van der Waals surface area (Å²) in [4.78, 5) is 4.10. The van der Waals surface area contributed by atoms with Gasteiger partial charge in [0.25, 0.3) is 0 Å². The van der Waals surface area contributed by atoms with Crippen LogP contribution in [0.4, 0.5) is 0 Å². The molecule has 0 saturated carbocycles. The normalized spacial score (nSPS) is 11.4. The maximum absolute atomic E-state index is 4.61. The first-order valence-electron chi connectivity index (χ1n) is 4.58. The standard InChI is InChI=1S/C12H13NS/c1-2-6-12(13-10-14)9-11-7-4-3-5-8-11/h2-5,7-8,12H,1,6,9H2. The van der Waals surface area contributed by atoms with Crippen LogP contribution in [0.15, 0.2) is 48.0 Å². The molecule has 0 radical (unpaired) electrons. The number of isothiocyanates is 1. The number of thiocarbonyl (C=S) groups is 1. The molecule has 72 valence electrons. The third-order valence-corrected chi connectivity index (χ3v) is 2.09. The molecule has 14 heavy (non-hydrogen) atoms. The molecule has 0 amide bonds. The van der Waals surface area contributed by atoms with E-state index in [0.717, 1.165) is 12.8 Å². The lowest BCUT2D eigenvalue weighted by molar-refractivity contribution is 0.687. The Balaban J connectivity index is 2.64. The van der Waals surface area contributed by atoms with Gasteiger partial charge in [0.2, 0.25) is 0 Å². The molecule has 0 heterocycles. The van der Waals surface area contributed by atoms with Gasteiger partial charge in [0.15, 0.2) is 0 Å². The van der Waals surface area contributed by atoms with E-state index in [1.807, 2.05) is 24.3 Å². The molecule has 0 N–H and O–H groups in total. The molecular formula is C12H13NS. The van der Waals surface area contributed by atoms with Crippen molar-refractivity contribution in [3.63, 3.8) is 0 Å². The Morgan fingerprint density at radius 1 is 1.43 bits per heavy atom. The lowest BCUT2D eigenvalue weighted by atomic mass is 10.0. The third-order valence-electron chi connectivity index (χ3n) is 1.99. The molecule has 1 aromatic carbocycles. The molecule has 0 aromatic heterocycles. The average Bonchev–Trinajstić information content (AvgIpc) is 2.20. The largest absolute Gasteiger partial charge is 0.228 e. The van der Waals surface area contributed by atoms with Crippen LogP contribution >= 0.6 is 12.2 Å². The predicted molar refractivity (Wildman–Crippen MR) is 63.8 cm³/mol. The number of nitrogens with zero attached hydrogens (tertiary/aromatic N) is 1. The summed E-state index contributed by atoms with van der Waals surface area (Å²) < 4.78 is 0.